The van der Waals surface area contributed by atoms with Gasteiger partial charge in [-0.05, 0) is 62.7 Å². The van der Waals surface area contributed by atoms with Crippen LogP contribution in [0.2, 0.25) is 5.02 Å². The summed E-state index contributed by atoms with van der Waals surface area (Å²) < 4.78 is 11.4. The van der Waals surface area contributed by atoms with Crippen molar-refractivity contribution in [3.63, 3.8) is 0 Å². The van der Waals surface area contributed by atoms with E-state index in [1.54, 1.807) is 11.0 Å². The van der Waals surface area contributed by atoms with Gasteiger partial charge in [-0.2, -0.15) is 0 Å². The van der Waals surface area contributed by atoms with Gasteiger partial charge in [-0.15, -0.1) is 5.10 Å². The van der Waals surface area contributed by atoms with Crippen LogP contribution < -0.4 is 0 Å². The molecule has 2 aromatic rings. The van der Waals surface area contributed by atoms with Crippen LogP contribution in [0, 0.1) is 0 Å². The van der Waals surface area contributed by atoms with Gasteiger partial charge in [-0.3, -0.25) is 4.90 Å². The van der Waals surface area contributed by atoms with Gasteiger partial charge >= 0.3 is 6.09 Å². The molecule has 0 radical (unpaired) electrons. The van der Waals surface area contributed by atoms with Gasteiger partial charge in [0.05, 0.1) is 17.7 Å². The lowest BCUT2D eigenvalue weighted by Crippen LogP contribution is -2.47. The number of aromatic amines is 1. The fourth-order valence-corrected chi connectivity index (χ4v) is 3.12. The normalized spacial score (nSPS) is 19.6. The van der Waals surface area contributed by atoms with Crippen LogP contribution in [0.1, 0.15) is 46.2 Å². The van der Waals surface area contributed by atoms with Crippen LogP contribution >= 0.6 is 11.6 Å². The van der Waals surface area contributed by atoms with Gasteiger partial charge in [-0.25, -0.2) is 9.89 Å². The lowest BCUT2D eigenvalue weighted by atomic mass is 10.0. The zero-order chi connectivity index (χ0) is 19.1. The summed E-state index contributed by atoms with van der Waals surface area (Å²) in [5, 5.41) is 14.3. The Morgan fingerprint density at radius 3 is 2.77 bits per heavy atom. The van der Waals surface area contributed by atoms with Crippen LogP contribution in [-0.2, 0) is 9.47 Å². The molecule has 26 heavy (non-hydrogen) atoms. The molecule has 1 aromatic carbocycles. The Labute approximate surface area is 156 Å². The SMILES string of the molecule is CC(C)(C)OC(=O)N1[C@@H](c2ccc(Cl)c(-c3nnn[nH]3)c2)COC1(C)C. The average Bonchev–Trinajstić information content (AvgIpc) is 3.13. The summed E-state index contributed by atoms with van der Waals surface area (Å²) in [4.78, 5) is 14.4. The van der Waals surface area contributed by atoms with Crippen molar-refractivity contribution in [1.29, 1.82) is 0 Å². The third-order valence-electron chi connectivity index (χ3n) is 4.05. The van der Waals surface area contributed by atoms with Crippen molar-refractivity contribution < 1.29 is 14.3 Å². The van der Waals surface area contributed by atoms with Gasteiger partial charge in [0.1, 0.15) is 11.3 Å². The van der Waals surface area contributed by atoms with Crippen LogP contribution in [-0.4, -0.2) is 49.6 Å². The summed E-state index contributed by atoms with van der Waals surface area (Å²) in [5.74, 6) is 0.457. The topological polar surface area (TPSA) is 93.2 Å². The molecule has 0 saturated carbocycles. The largest absolute Gasteiger partial charge is 0.444 e. The number of ether oxygens (including phenoxy) is 2. The molecular formula is C17H22ClN5O3. The molecule has 3 rings (SSSR count). The van der Waals surface area contributed by atoms with Gasteiger partial charge in [0, 0.05) is 5.56 Å². The van der Waals surface area contributed by atoms with Crippen molar-refractivity contribution in [2.75, 3.05) is 6.61 Å². The Hall–Kier alpha value is -2.19. The van der Waals surface area contributed by atoms with Gasteiger partial charge in [0.2, 0.25) is 0 Å². The molecule has 1 aromatic heterocycles. The lowest BCUT2D eigenvalue weighted by molar-refractivity contribution is -0.0626. The highest BCUT2D eigenvalue weighted by atomic mass is 35.5. The van der Waals surface area contributed by atoms with E-state index in [1.807, 2.05) is 46.8 Å². The highest BCUT2D eigenvalue weighted by Crippen LogP contribution is 2.39. The number of carbonyl (C=O) groups excluding carboxylic acids is 1. The highest BCUT2D eigenvalue weighted by molar-refractivity contribution is 6.33. The zero-order valence-electron chi connectivity index (χ0n) is 15.4. The minimum atomic E-state index is -0.791. The molecule has 0 spiro atoms. The number of aromatic nitrogens is 4. The van der Waals surface area contributed by atoms with E-state index in [9.17, 15) is 4.79 Å². The first-order valence-corrected chi connectivity index (χ1v) is 8.66. The molecule has 1 amide bonds. The van der Waals surface area contributed by atoms with E-state index in [0.29, 0.717) is 23.0 Å². The molecule has 8 nitrogen and oxygen atoms in total. The monoisotopic (exact) mass is 379 g/mol. The van der Waals surface area contributed by atoms with E-state index in [4.69, 9.17) is 21.1 Å². The molecule has 1 saturated heterocycles. The molecular weight excluding hydrogens is 358 g/mol. The van der Waals surface area contributed by atoms with Crippen molar-refractivity contribution >= 4 is 17.7 Å². The van der Waals surface area contributed by atoms with Gasteiger partial charge in [-0.1, -0.05) is 17.7 Å². The summed E-state index contributed by atoms with van der Waals surface area (Å²) >= 11 is 6.28. The summed E-state index contributed by atoms with van der Waals surface area (Å²) in [5.41, 5.74) is 0.123. The smallest absolute Gasteiger partial charge is 0.413 e. The first-order chi connectivity index (χ1) is 12.1. The maximum Gasteiger partial charge on any atom is 0.413 e. The number of H-pyrrole nitrogens is 1. The second-order valence-electron chi connectivity index (χ2n) is 7.61. The highest BCUT2D eigenvalue weighted by Gasteiger charge is 2.46. The van der Waals surface area contributed by atoms with Gasteiger partial charge in [0.25, 0.3) is 0 Å². The predicted molar refractivity (Wildman–Crippen MR) is 95.5 cm³/mol. The Kier molecular flexibility index (Phi) is 4.66. The fraction of sp³-hybridized carbons (Fsp3) is 0.529. The average molecular weight is 380 g/mol. The number of nitrogens with one attached hydrogen (secondary N) is 1. The number of carbonyl (C=O) groups is 1. The number of benzene rings is 1. The van der Waals surface area contributed by atoms with Crippen molar-refractivity contribution in [2.45, 2.75) is 52.0 Å². The maximum atomic E-state index is 12.8. The van der Waals surface area contributed by atoms with Gasteiger partial charge < -0.3 is 9.47 Å². The molecule has 1 aliphatic rings. The molecule has 0 aliphatic carbocycles. The van der Waals surface area contributed by atoms with Crippen LogP contribution in [0.15, 0.2) is 18.2 Å². The van der Waals surface area contributed by atoms with E-state index in [2.05, 4.69) is 20.6 Å². The Morgan fingerprint density at radius 2 is 2.15 bits per heavy atom. The summed E-state index contributed by atoms with van der Waals surface area (Å²) in [6.45, 7) is 9.54. The Balaban J connectivity index is 1.97. The third kappa shape index (κ3) is 3.66. The van der Waals surface area contributed by atoms with E-state index in [-0.39, 0.29) is 6.04 Å². The van der Waals surface area contributed by atoms with E-state index in [1.165, 1.54) is 0 Å². The second kappa shape index (κ2) is 6.51. The lowest BCUT2D eigenvalue weighted by Gasteiger charge is -2.35. The number of rotatable bonds is 2. The zero-order valence-corrected chi connectivity index (χ0v) is 16.2. The molecule has 1 N–H and O–H groups in total. The maximum absolute atomic E-state index is 12.8. The van der Waals surface area contributed by atoms with Crippen molar-refractivity contribution in [2.24, 2.45) is 0 Å². The second-order valence-corrected chi connectivity index (χ2v) is 8.02. The van der Waals surface area contributed by atoms with Crippen LogP contribution in [0.4, 0.5) is 4.79 Å². The van der Waals surface area contributed by atoms with Gasteiger partial charge in [0.15, 0.2) is 5.82 Å². The molecule has 0 bridgehead atoms. The molecule has 1 fully saturated rings. The molecule has 140 valence electrons. The van der Waals surface area contributed by atoms with Crippen molar-refractivity contribution in [1.82, 2.24) is 25.5 Å². The quantitative estimate of drug-likeness (QED) is 0.857. The third-order valence-corrected chi connectivity index (χ3v) is 4.38. The number of tetrazole rings is 1. The molecule has 9 heteroatoms. The van der Waals surface area contributed by atoms with Crippen LogP contribution in [0.25, 0.3) is 11.4 Å². The van der Waals surface area contributed by atoms with Crippen LogP contribution in [0.3, 0.4) is 0 Å². The number of hydrogen-bond donors (Lipinski definition) is 1. The number of nitrogens with zero attached hydrogens (tertiary/aromatic N) is 4. The fourth-order valence-electron chi connectivity index (χ4n) is 2.91. The molecule has 1 aliphatic heterocycles. The first kappa shape index (κ1) is 18.6. The summed E-state index contributed by atoms with van der Waals surface area (Å²) in [7, 11) is 0. The first-order valence-electron chi connectivity index (χ1n) is 8.28. The summed E-state index contributed by atoms with van der Waals surface area (Å²) in [6, 6.07) is 5.17. The van der Waals surface area contributed by atoms with Crippen LogP contribution in [0.5, 0.6) is 0 Å². The van der Waals surface area contributed by atoms with E-state index in [0.717, 1.165) is 5.56 Å². The molecule has 0 unspecified atom stereocenters. The standard InChI is InChI=1S/C17H22ClN5O3/c1-16(2,3)26-15(24)23-13(9-25-17(23,4)5)10-6-7-12(18)11(8-10)14-19-21-22-20-14/h6-8,13H,9H2,1-5H3,(H,19,20,21,22)/t13-/m1/s1. The van der Waals surface area contributed by atoms with Crippen molar-refractivity contribution in [3.05, 3.63) is 28.8 Å². The predicted octanol–water partition coefficient (Wildman–Crippen LogP) is 3.56. The number of amides is 1. The Morgan fingerprint density at radius 1 is 1.42 bits per heavy atom. The Bertz CT molecular complexity index is 801. The van der Waals surface area contributed by atoms with E-state index >= 15 is 0 Å². The molecule has 1 atom stereocenters. The number of halogens is 1. The molecule has 2 heterocycles. The minimum absolute atomic E-state index is 0.313. The number of hydrogen-bond acceptors (Lipinski definition) is 6. The minimum Gasteiger partial charge on any atom is -0.444 e. The van der Waals surface area contributed by atoms with Crippen molar-refractivity contribution in [3.8, 4) is 11.4 Å². The van der Waals surface area contributed by atoms with E-state index < -0.39 is 17.4 Å². The summed E-state index contributed by atoms with van der Waals surface area (Å²) in [6.07, 6.45) is -0.428.